The number of likely N-dealkylation sites (tertiary alicyclic amines) is 1. The summed E-state index contributed by atoms with van der Waals surface area (Å²) in [5.41, 5.74) is 1.66. The van der Waals surface area contributed by atoms with Crippen molar-refractivity contribution in [2.45, 2.75) is 50.7 Å². The molecule has 3 aromatic rings. The highest BCUT2D eigenvalue weighted by Gasteiger charge is 2.33. The van der Waals surface area contributed by atoms with Gasteiger partial charge in [-0.1, -0.05) is 36.4 Å². The third-order valence-electron chi connectivity index (χ3n) is 7.36. The molecule has 0 aliphatic carbocycles. The second-order valence-corrected chi connectivity index (χ2v) is 9.65. The summed E-state index contributed by atoms with van der Waals surface area (Å²) in [5.74, 6) is 0.725. The molecule has 0 atom stereocenters. The van der Waals surface area contributed by atoms with Crippen molar-refractivity contribution in [1.29, 1.82) is 0 Å². The monoisotopic (exact) mass is 510 g/mol. The van der Waals surface area contributed by atoms with Crippen LogP contribution in [0.25, 0.3) is 0 Å². The summed E-state index contributed by atoms with van der Waals surface area (Å²) in [4.78, 5) is 33.6. The van der Waals surface area contributed by atoms with E-state index in [1.807, 2.05) is 24.3 Å². The molecule has 2 aromatic carbocycles. The van der Waals surface area contributed by atoms with Gasteiger partial charge in [-0.15, -0.1) is 0 Å². The standard InChI is InChI=1S/C28H29F3N4O2/c29-28(30,31)23-7-3-1-6-22(23)19-34-18-14-32-27(34)21-11-15-33(16-12-21)25(36)9-10-26(37)35-17-13-20-5-2-4-8-24(20)35/h1-8,14,18,21H,9-13,15-17,19H2. The number of piperidine rings is 1. The van der Waals surface area contributed by atoms with E-state index in [1.54, 1.807) is 32.8 Å². The number of hydrogen-bond acceptors (Lipinski definition) is 3. The first-order valence-corrected chi connectivity index (χ1v) is 12.6. The lowest BCUT2D eigenvalue weighted by Crippen LogP contribution is -2.39. The smallest absolute Gasteiger partial charge is 0.343 e. The Hall–Kier alpha value is -3.62. The zero-order chi connectivity index (χ0) is 26.0. The summed E-state index contributed by atoms with van der Waals surface area (Å²) in [6, 6.07) is 13.5. The number of anilines is 1. The molecule has 3 heterocycles. The summed E-state index contributed by atoms with van der Waals surface area (Å²) in [5, 5.41) is 0. The SMILES string of the molecule is O=C(CCC(=O)N1CCc2ccccc21)N1CCC(c2nccn2Cc2ccccc2C(F)(F)F)CC1. The number of fused-ring (bicyclic) bond motifs is 1. The van der Waals surface area contributed by atoms with Crippen molar-refractivity contribution in [1.82, 2.24) is 14.5 Å². The molecule has 0 radical (unpaired) electrons. The lowest BCUT2D eigenvalue weighted by molar-refractivity contribution is -0.138. The van der Waals surface area contributed by atoms with Crippen LogP contribution in [-0.4, -0.2) is 45.9 Å². The number of aromatic nitrogens is 2. The van der Waals surface area contributed by atoms with Gasteiger partial charge in [-0.3, -0.25) is 9.59 Å². The first kappa shape index (κ1) is 25.0. The summed E-state index contributed by atoms with van der Waals surface area (Å²) in [6.07, 6.45) is 1.45. The molecule has 0 unspecified atom stereocenters. The van der Waals surface area contributed by atoms with Crippen LogP contribution in [0.15, 0.2) is 60.9 Å². The Morgan fingerprint density at radius 3 is 2.41 bits per heavy atom. The normalized spacial score (nSPS) is 16.2. The number of benzene rings is 2. The Morgan fingerprint density at radius 2 is 1.62 bits per heavy atom. The average molecular weight is 511 g/mol. The minimum Gasteiger partial charge on any atom is -0.343 e. The summed E-state index contributed by atoms with van der Waals surface area (Å²) >= 11 is 0. The fourth-order valence-corrected chi connectivity index (χ4v) is 5.42. The second kappa shape index (κ2) is 10.4. The van der Waals surface area contributed by atoms with Gasteiger partial charge in [0.25, 0.3) is 0 Å². The minimum atomic E-state index is -4.41. The third-order valence-corrected chi connectivity index (χ3v) is 7.36. The molecule has 0 bridgehead atoms. The molecule has 2 amide bonds. The van der Waals surface area contributed by atoms with Gasteiger partial charge >= 0.3 is 6.18 Å². The molecule has 0 N–H and O–H groups in total. The Morgan fingerprint density at radius 1 is 0.919 bits per heavy atom. The molecule has 6 nitrogen and oxygen atoms in total. The van der Waals surface area contributed by atoms with E-state index in [9.17, 15) is 22.8 Å². The summed E-state index contributed by atoms with van der Waals surface area (Å²) < 4.78 is 42.1. The van der Waals surface area contributed by atoms with Crippen molar-refractivity contribution in [3.8, 4) is 0 Å². The number of carbonyl (C=O) groups excluding carboxylic acids is 2. The van der Waals surface area contributed by atoms with Crippen LogP contribution in [0.1, 0.15) is 54.1 Å². The number of imidazole rings is 1. The molecule has 0 saturated carbocycles. The Bertz CT molecular complexity index is 1280. The highest BCUT2D eigenvalue weighted by Crippen LogP contribution is 2.34. The zero-order valence-corrected chi connectivity index (χ0v) is 20.5. The number of hydrogen-bond donors (Lipinski definition) is 0. The number of amides is 2. The summed E-state index contributed by atoms with van der Waals surface area (Å²) in [6.45, 7) is 1.82. The third kappa shape index (κ3) is 5.40. The maximum absolute atomic E-state index is 13.4. The summed E-state index contributed by atoms with van der Waals surface area (Å²) in [7, 11) is 0. The first-order valence-electron chi connectivity index (χ1n) is 12.6. The number of rotatable bonds is 6. The number of halogens is 3. The van der Waals surface area contributed by atoms with Crippen molar-refractivity contribution in [2.24, 2.45) is 0 Å². The van der Waals surface area contributed by atoms with Gasteiger partial charge < -0.3 is 14.4 Å². The number of para-hydroxylation sites is 1. The second-order valence-electron chi connectivity index (χ2n) is 9.65. The van der Waals surface area contributed by atoms with Gasteiger partial charge in [-0.25, -0.2) is 4.98 Å². The predicted octanol–water partition coefficient (Wildman–Crippen LogP) is 5.03. The van der Waals surface area contributed by atoms with Crippen LogP contribution in [0.4, 0.5) is 18.9 Å². The van der Waals surface area contributed by atoms with Crippen molar-refractivity contribution in [3.63, 3.8) is 0 Å². The lowest BCUT2D eigenvalue weighted by Gasteiger charge is -2.32. The van der Waals surface area contributed by atoms with E-state index in [-0.39, 0.29) is 42.7 Å². The molecule has 2 aliphatic rings. The van der Waals surface area contributed by atoms with Crippen LogP contribution >= 0.6 is 0 Å². The lowest BCUT2D eigenvalue weighted by atomic mass is 9.95. The quantitative estimate of drug-likeness (QED) is 0.468. The van der Waals surface area contributed by atoms with E-state index < -0.39 is 11.7 Å². The van der Waals surface area contributed by atoms with E-state index in [4.69, 9.17) is 0 Å². The van der Waals surface area contributed by atoms with E-state index in [1.165, 1.54) is 12.1 Å². The van der Waals surface area contributed by atoms with E-state index in [0.29, 0.717) is 32.5 Å². The molecular formula is C28H29F3N4O2. The highest BCUT2D eigenvalue weighted by atomic mass is 19.4. The van der Waals surface area contributed by atoms with Crippen LogP contribution < -0.4 is 4.90 Å². The van der Waals surface area contributed by atoms with Gasteiger partial charge in [0.15, 0.2) is 0 Å². The van der Waals surface area contributed by atoms with Crippen LogP contribution in [0.2, 0.25) is 0 Å². The fourth-order valence-electron chi connectivity index (χ4n) is 5.42. The van der Waals surface area contributed by atoms with Crippen LogP contribution in [0.5, 0.6) is 0 Å². The van der Waals surface area contributed by atoms with Crippen LogP contribution in [-0.2, 0) is 28.7 Å². The van der Waals surface area contributed by atoms with Gasteiger partial charge in [-0.2, -0.15) is 13.2 Å². The Kier molecular flexibility index (Phi) is 7.04. The van der Waals surface area contributed by atoms with Crippen molar-refractivity contribution >= 4 is 17.5 Å². The van der Waals surface area contributed by atoms with Gasteiger partial charge in [0.1, 0.15) is 5.82 Å². The number of alkyl halides is 3. The molecule has 2 aliphatic heterocycles. The van der Waals surface area contributed by atoms with E-state index in [2.05, 4.69) is 4.98 Å². The fraction of sp³-hybridized carbons (Fsp3) is 0.393. The maximum atomic E-state index is 13.4. The molecule has 194 valence electrons. The maximum Gasteiger partial charge on any atom is 0.416 e. The molecular weight excluding hydrogens is 481 g/mol. The van der Waals surface area contributed by atoms with Crippen molar-refractivity contribution in [3.05, 3.63) is 83.4 Å². The molecule has 0 spiro atoms. The Labute approximate surface area is 213 Å². The van der Waals surface area contributed by atoms with Gasteiger partial charge in [-0.05, 0) is 42.5 Å². The average Bonchev–Trinajstić information content (AvgIpc) is 3.54. The molecule has 1 saturated heterocycles. The van der Waals surface area contributed by atoms with Gasteiger partial charge in [0.2, 0.25) is 11.8 Å². The molecule has 1 fully saturated rings. The van der Waals surface area contributed by atoms with Crippen LogP contribution in [0.3, 0.4) is 0 Å². The number of nitrogens with zero attached hydrogens (tertiary/aromatic N) is 4. The van der Waals surface area contributed by atoms with Crippen LogP contribution in [0, 0.1) is 0 Å². The first-order chi connectivity index (χ1) is 17.8. The zero-order valence-electron chi connectivity index (χ0n) is 20.5. The van der Waals surface area contributed by atoms with Gasteiger partial charge in [0.05, 0.1) is 5.56 Å². The molecule has 1 aromatic heterocycles. The molecule has 5 rings (SSSR count). The number of carbonyl (C=O) groups is 2. The van der Waals surface area contributed by atoms with E-state index >= 15 is 0 Å². The largest absolute Gasteiger partial charge is 0.416 e. The minimum absolute atomic E-state index is 0.0330. The predicted molar refractivity (Wildman–Crippen MR) is 133 cm³/mol. The van der Waals surface area contributed by atoms with Crippen molar-refractivity contribution < 1.29 is 22.8 Å². The van der Waals surface area contributed by atoms with Gasteiger partial charge in [0, 0.05) is 63.0 Å². The van der Waals surface area contributed by atoms with E-state index in [0.717, 1.165) is 29.6 Å². The highest BCUT2D eigenvalue weighted by molar-refractivity contribution is 5.97. The van der Waals surface area contributed by atoms with Crippen molar-refractivity contribution in [2.75, 3.05) is 24.5 Å². The molecule has 37 heavy (non-hydrogen) atoms. The molecule has 9 heteroatoms. The Balaban J connectivity index is 1.15. The topological polar surface area (TPSA) is 58.4 Å².